The fraction of sp³-hybridized carbons (Fsp3) is 0.273. The Labute approximate surface area is 103 Å². The van der Waals surface area contributed by atoms with Crippen LogP contribution in [0.15, 0.2) is 24.3 Å². The average Bonchev–Trinajstić information content (AvgIpc) is 2.58. The minimum absolute atomic E-state index is 0.0218. The molecule has 94 valence electrons. The van der Waals surface area contributed by atoms with Gasteiger partial charge in [-0.2, -0.15) is 0 Å². The number of nitro benzene ring substituents is 1. The molecule has 1 aliphatic heterocycles. The maximum absolute atomic E-state index is 11.6. The first-order chi connectivity index (χ1) is 8.49. The number of likely N-dealkylation sites (tertiary alicyclic amines) is 1. The number of nitro groups is 1. The highest BCUT2D eigenvalue weighted by atomic mass is 16.6. The number of nitrogens with zero attached hydrogens (tertiary/aromatic N) is 2. The summed E-state index contributed by atoms with van der Waals surface area (Å²) in [7, 11) is 1.43. The lowest BCUT2D eigenvalue weighted by atomic mass is 10.2. The molecule has 1 saturated heterocycles. The number of carbonyl (C=O) groups excluding carboxylic acids is 2. The summed E-state index contributed by atoms with van der Waals surface area (Å²) in [5.41, 5.74) is 0.550. The smallest absolute Gasteiger partial charge is 0.269 e. The van der Waals surface area contributed by atoms with Crippen molar-refractivity contribution in [2.75, 3.05) is 12.4 Å². The van der Waals surface area contributed by atoms with E-state index in [0.717, 1.165) is 4.90 Å². The van der Waals surface area contributed by atoms with E-state index in [1.165, 1.54) is 31.3 Å². The van der Waals surface area contributed by atoms with Crippen LogP contribution in [0.3, 0.4) is 0 Å². The van der Waals surface area contributed by atoms with Crippen molar-refractivity contribution in [2.45, 2.75) is 12.5 Å². The number of imide groups is 1. The number of anilines is 1. The van der Waals surface area contributed by atoms with Gasteiger partial charge in [0.05, 0.1) is 11.3 Å². The van der Waals surface area contributed by atoms with Gasteiger partial charge in [-0.1, -0.05) is 0 Å². The van der Waals surface area contributed by atoms with Crippen LogP contribution in [-0.4, -0.2) is 34.7 Å². The van der Waals surface area contributed by atoms with Crippen LogP contribution in [0.25, 0.3) is 0 Å². The molecule has 0 aliphatic carbocycles. The number of hydrogen-bond acceptors (Lipinski definition) is 5. The molecule has 1 heterocycles. The molecule has 1 fully saturated rings. The van der Waals surface area contributed by atoms with Crippen LogP contribution in [0.4, 0.5) is 11.4 Å². The number of hydrogen-bond donors (Lipinski definition) is 1. The Morgan fingerprint density at radius 2 is 1.94 bits per heavy atom. The lowest BCUT2D eigenvalue weighted by molar-refractivity contribution is -0.384. The topological polar surface area (TPSA) is 92.6 Å². The second-order valence-electron chi connectivity index (χ2n) is 4.00. The first kappa shape index (κ1) is 12.0. The van der Waals surface area contributed by atoms with E-state index >= 15 is 0 Å². The van der Waals surface area contributed by atoms with Gasteiger partial charge in [0.2, 0.25) is 5.91 Å². The van der Waals surface area contributed by atoms with Crippen molar-refractivity contribution in [1.29, 1.82) is 0 Å². The van der Waals surface area contributed by atoms with Gasteiger partial charge >= 0.3 is 0 Å². The summed E-state index contributed by atoms with van der Waals surface area (Å²) in [6.07, 6.45) is 0.103. The van der Waals surface area contributed by atoms with E-state index in [-0.39, 0.29) is 23.9 Å². The van der Waals surface area contributed by atoms with Gasteiger partial charge in [-0.3, -0.25) is 24.6 Å². The zero-order valence-electron chi connectivity index (χ0n) is 9.62. The molecule has 1 aliphatic rings. The van der Waals surface area contributed by atoms with E-state index in [1.807, 2.05) is 0 Å². The van der Waals surface area contributed by atoms with E-state index in [0.29, 0.717) is 5.69 Å². The monoisotopic (exact) mass is 249 g/mol. The molecule has 7 nitrogen and oxygen atoms in total. The number of rotatable bonds is 3. The summed E-state index contributed by atoms with van der Waals surface area (Å²) < 4.78 is 0. The van der Waals surface area contributed by atoms with Gasteiger partial charge < -0.3 is 5.32 Å². The van der Waals surface area contributed by atoms with E-state index in [9.17, 15) is 19.7 Å². The minimum Gasteiger partial charge on any atom is -0.373 e. The van der Waals surface area contributed by atoms with Crippen LogP contribution in [0.5, 0.6) is 0 Å². The normalized spacial score (nSPS) is 19.2. The van der Waals surface area contributed by atoms with Crippen molar-refractivity contribution in [3.8, 4) is 0 Å². The highest BCUT2D eigenvalue weighted by Crippen LogP contribution is 2.19. The average molecular weight is 249 g/mol. The molecule has 18 heavy (non-hydrogen) atoms. The molecule has 2 amide bonds. The number of nitrogens with one attached hydrogen (secondary N) is 1. The van der Waals surface area contributed by atoms with Crippen molar-refractivity contribution in [3.63, 3.8) is 0 Å². The maximum atomic E-state index is 11.6. The Balaban J connectivity index is 2.08. The van der Waals surface area contributed by atoms with Gasteiger partial charge in [0.15, 0.2) is 0 Å². The van der Waals surface area contributed by atoms with E-state index in [4.69, 9.17) is 0 Å². The molecule has 1 unspecified atom stereocenters. The molecule has 1 aromatic carbocycles. The SMILES string of the molecule is CN1C(=O)CC(Nc2ccc([N+](=O)[O-])cc2)C1=O. The lowest BCUT2D eigenvalue weighted by Gasteiger charge is -2.11. The largest absolute Gasteiger partial charge is 0.373 e. The van der Waals surface area contributed by atoms with Crippen molar-refractivity contribution in [3.05, 3.63) is 34.4 Å². The summed E-state index contributed by atoms with van der Waals surface area (Å²) in [4.78, 5) is 34.0. The first-order valence-electron chi connectivity index (χ1n) is 5.30. The summed E-state index contributed by atoms with van der Waals surface area (Å²) in [6, 6.07) is 5.10. The summed E-state index contributed by atoms with van der Waals surface area (Å²) in [5, 5.41) is 13.4. The van der Waals surface area contributed by atoms with E-state index in [1.54, 1.807) is 0 Å². The molecular weight excluding hydrogens is 238 g/mol. The summed E-state index contributed by atoms with van der Waals surface area (Å²) in [5.74, 6) is -0.530. The van der Waals surface area contributed by atoms with Gasteiger partial charge in [0, 0.05) is 24.9 Å². The van der Waals surface area contributed by atoms with Gasteiger partial charge in [-0.15, -0.1) is 0 Å². The van der Waals surface area contributed by atoms with Crippen LogP contribution in [0.1, 0.15) is 6.42 Å². The van der Waals surface area contributed by atoms with Crippen LogP contribution >= 0.6 is 0 Å². The number of non-ortho nitro benzene ring substituents is 1. The highest BCUT2D eigenvalue weighted by Gasteiger charge is 2.35. The summed E-state index contributed by atoms with van der Waals surface area (Å²) >= 11 is 0. The molecule has 1 N–H and O–H groups in total. The Bertz CT molecular complexity index is 512. The third kappa shape index (κ3) is 2.15. The second-order valence-corrected chi connectivity index (χ2v) is 4.00. The van der Waals surface area contributed by atoms with Gasteiger partial charge in [-0.25, -0.2) is 0 Å². The number of amides is 2. The lowest BCUT2D eigenvalue weighted by Crippen LogP contribution is -2.31. The molecule has 0 radical (unpaired) electrons. The maximum Gasteiger partial charge on any atom is 0.269 e. The Kier molecular flexibility index (Phi) is 2.97. The van der Waals surface area contributed by atoms with Crippen molar-refractivity contribution >= 4 is 23.2 Å². The molecule has 0 saturated carbocycles. The predicted molar refractivity (Wildman–Crippen MR) is 62.9 cm³/mol. The van der Waals surface area contributed by atoms with E-state index < -0.39 is 11.0 Å². The first-order valence-corrected chi connectivity index (χ1v) is 5.30. The van der Waals surface area contributed by atoms with Crippen molar-refractivity contribution < 1.29 is 14.5 Å². The number of likely N-dealkylation sites (N-methyl/N-ethyl adjacent to an activating group) is 1. The highest BCUT2D eigenvalue weighted by molar-refractivity contribution is 6.06. The van der Waals surface area contributed by atoms with Crippen LogP contribution < -0.4 is 5.32 Å². The standard InChI is InChI=1S/C11H11N3O4/c1-13-10(15)6-9(11(13)16)12-7-2-4-8(5-3-7)14(17)18/h2-5,9,12H,6H2,1H3. The Morgan fingerprint density at radius 1 is 1.33 bits per heavy atom. The zero-order valence-corrected chi connectivity index (χ0v) is 9.62. The number of carbonyl (C=O) groups is 2. The third-order valence-corrected chi connectivity index (χ3v) is 2.80. The molecule has 0 spiro atoms. The van der Waals surface area contributed by atoms with Crippen molar-refractivity contribution in [2.24, 2.45) is 0 Å². The molecule has 1 aromatic rings. The summed E-state index contributed by atoms with van der Waals surface area (Å²) in [6.45, 7) is 0. The molecule has 2 rings (SSSR count). The van der Waals surface area contributed by atoms with Crippen LogP contribution in [0, 0.1) is 10.1 Å². The van der Waals surface area contributed by atoms with Crippen LogP contribution in [-0.2, 0) is 9.59 Å². The van der Waals surface area contributed by atoms with E-state index in [2.05, 4.69) is 5.32 Å². The third-order valence-electron chi connectivity index (χ3n) is 2.80. The minimum atomic E-state index is -0.594. The second kappa shape index (κ2) is 4.44. The fourth-order valence-corrected chi connectivity index (χ4v) is 1.75. The predicted octanol–water partition coefficient (Wildman–Crippen LogP) is 0.764. The van der Waals surface area contributed by atoms with Gasteiger partial charge in [0.1, 0.15) is 6.04 Å². The Morgan fingerprint density at radius 3 is 2.39 bits per heavy atom. The number of benzene rings is 1. The molecule has 7 heteroatoms. The van der Waals surface area contributed by atoms with Gasteiger partial charge in [0.25, 0.3) is 11.6 Å². The molecule has 0 aromatic heterocycles. The van der Waals surface area contributed by atoms with Crippen molar-refractivity contribution in [1.82, 2.24) is 4.90 Å². The fourth-order valence-electron chi connectivity index (χ4n) is 1.75. The van der Waals surface area contributed by atoms with Gasteiger partial charge in [-0.05, 0) is 12.1 Å². The Hall–Kier alpha value is -2.44. The molecular formula is C11H11N3O4. The molecule has 0 bridgehead atoms. The zero-order chi connectivity index (χ0) is 13.3. The molecule has 1 atom stereocenters. The quantitative estimate of drug-likeness (QED) is 0.485. The van der Waals surface area contributed by atoms with Crippen LogP contribution in [0.2, 0.25) is 0 Å².